The van der Waals surface area contributed by atoms with Crippen LogP contribution in [0.15, 0.2) is 61.2 Å². The summed E-state index contributed by atoms with van der Waals surface area (Å²) in [6, 6.07) is 12.4. The smallest absolute Gasteiger partial charge is 0.321 e. The summed E-state index contributed by atoms with van der Waals surface area (Å²) in [7, 11) is 0. The predicted molar refractivity (Wildman–Crippen MR) is 103 cm³/mol. The van der Waals surface area contributed by atoms with E-state index in [1.807, 2.05) is 18.2 Å². The van der Waals surface area contributed by atoms with Crippen molar-refractivity contribution in [3.05, 3.63) is 66.7 Å². The molecule has 0 bridgehead atoms. The van der Waals surface area contributed by atoms with Gasteiger partial charge >= 0.3 is 6.01 Å². The van der Waals surface area contributed by atoms with Crippen molar-refractivity contribution in [1.29, 1.82) is 0 Å². The number of anilines is 1. The molecule has 1 aliphatic rings. The second kappa shape index (κ2) is 8.55. The number of ether oxygens (including phenoxy) is 1. The molecule has 1 aromatic carbocycles. The first kappa shape index (κ1) is 17.4. The van der Waals surface area contributed by atoms with Gasteiger partial charge in [-0.05, 0) is 42.7 Å². The minimum Gasteiger partial charge on any atom is -0.424 e. The number of nitrogens with one attached hydrogen (secondary N) is 1. The van der Waals surface area contributed by atoms with Gasteiger partial charge in [0, 0.05) is 50.5 Å². The molecule has 7 heteroatoms. The molecule has 2 aromatic heterocycles. The van der Waals surface area contributed by atoms with Gasteiger partial charge in [-0.2, -0.15) is 0 Å². The van der Waals surface area contributed by atoms with Gasteiger partial charge < -0.3 is 15.0 Å². The maximum Gasteiger partial charge on any atom is 0.321 e. The Morgan fingerprint density at radius 1 is 0.963 bits per heavy atom. The lowest BCUT2D eigenvalue weighted by Crippen LogP contribution is -2.46. The first-order valence-electron chi connectivity index (χ1n) is 9.16. The summed E-state index contributed by atoms with van der Waals surface area (Å²) >= 11 is 0. The molecule has 3 aromatic rings. The lowest BCUT2D eigenvalue weighted by atomic mass is 10.1. The molecular formula is C20H22N6O. The van der Waals surface area contributed by atoms with Crippen LogP contribution >= 0.6 is 0 Å². The van der Waals surface area contributed by atoms with Crippen molar-refractivity contribution in [2.75, 3.05) is 18.0 Å². The van der Waals surface area contributed by atoms with Crippen molar-refractivity contribution in [3.63, 3.8) is 0 Å². The fourth-order valence-electron chi connectivity index (χ4n) is 3.16. The van der Waals surface area contributed by atoms with Gasteiger partial charge in [0.1, 0.15) is 5.75 Å². The molecule has 3 heterocycles. The van der Waals surface area contributed by atoms with Gasteiger partial charge in [-0.25, -0.2) is 19.9 Å². The first-order chi connectivity index (χ1) is 13.4. The van der Waals surface area contributed by atoms with Crippen LogP contribution in [0, 0.1) is 0 Å². The Labute approximate surface area is 158 Å². The summed E-state index contributed by atoms with van der Waals surface area (Å²) < 4.78 is 5.63. The molecule has 0 radical (unpaired) electrons. The van der Waals surface area contributed by atoms with Gasteiger partial charge in [0.25, 0.3) is 0 Å². The lowest BCUT2D eigenvalue weighted by molar-refractivity contribution is 0.417. The molecule has 1 atom stereocenters. The second-order valence-corrected chi connectivity index (χ2v) is 6.49. The standard InChI is InChI=1S/C20H22N6O/c1-4-17(15-26(13-1)19-21-9-2-10-22-19)25-14-16-5-7-18(8-6-16)27-20-23-11-3-12-24-20/h2-3,5-12,17,25H,1,4,13-15H2/t17-/m0/s1. The van der Waals surface area contributed by atoms with Crippen molar-refractivity contribution >= 4 is 5.95 Å². The van der Waals surface area contributed by atoms with E-state index in [0.717, 1.165) is 44.2 Å². The molecule has 138 valence electrons. The SMILES string of the molecule is c1cnc(Oc2ccc(CN[C@H]3CCCN(c4ncccn4)C3)cc2)nc1. The van der Waals surface area contributed by atoms with Gasteiger partial charge in [0.15, 0.2) is 0 Å². The molecule has 1 saturated heterocycles. The van der Waals surface area contributed by atoms with Crippen LogP contribution in [0.3, 0.4) is 0 Å². The molecule has 1 fully saturated rings. The van der Waals surface area contributed by atoms with Crippen LogP contribution in [-0.2, 0) is 6.54 Å². The molecular weight excluding hydrogens is 340 g/mol. The summed E-state index contributed by atoms with van der Waals surface area (Å²) in [6.07, 6.45) is 9.21. The van der Waals surface area contributed by atoms with E-state index < -0.39 is 0 Å². The number of benzene rings is 1. The zero-order valence-corrected chi connectivity index (χ0v) is 15.0. The van der Waals surface area contributed by atoms with Crippen LogP contribution in [0.25, 0.3) is 0 Å². The van der Waals surface area contributed by atoms with Crippen LogP contribution in [0.4, 0.5) is 5.95 Å². The van der Waals surface area contributed by atoms with E-state index in [2.05, 4.69) is 42.3 Å². The fourth-order valence-corrected chi connectivity index (χ4v) is 3.16. The van der Waals surface area contributed by atoms with E-state index >= 15 is 0 Å². The highest BCUT2D eigenvalue weighted by atomic mass is 16.5. The Kier molecular flexibility index (Phi) is 5.50. The third-order valence-electron chi connectivity index (χ3n) is 4.53. The van der Waals surface area contributed by atoms with E-state index in [4.69, 9.17) is 4.74 Å². The number of hydrogen-bond donors (Lipinski definition) is 1. The van der Waals surface area contributed by atoms with Crippen molar-refractivity contribution in [2.24, 2.45) is 0 Å². The van der Waals surface area contributed by atoms with E-state index in [9.17, 15) is 0 Å². The van der Waals surface area contributed by atoms with Crippen LogP contribution in [-0.4, -0.2) is 39.1 Å². The van der Waals surface area contributed by atoms with Gasteiger partial charge in [0.2, 0.25) is 5.95 Å². The summed E-state index contributed by atoms with van der Waals surface area (Å²) in [5.41, 5.74) is 1.21. The third-order valence-corrected chi connectivity index (χ3v) is 4.53. The Morgan fingerprint density at radius 2 is 1.67 bits per heavy atom. The van der Waals surface area contributed by atoms with E-state index in [0.29, 0.717) is 12.1 Å². The molecule has 1 N–H and O–H groups in total. The zero-order chi connectivity index (χ0) is 18.3. The molecule has 0 saturated carbocycles. The molecule has 0 aliphatic carbocycles. The van der Waals surface area contributed by atoms with Crippen LogP contribution in [0.2, 0.25) is 0 Å². The van der Waals surface area contributed by atoms with Gasteiger partial charge in [-0.15, -0.1) is 0 Å². The molecule has 0 amide bonds. The summed E-state index contributed by atoms with van der Waals surface area (Å²) in [5, 5.41) is 3.64. The number of piperidine rings is 1. The molecule has 0 unspecified atom stereocenters. The topological polar surface area (TPSA) is 76.1 Å². The van der Waals surface area contributed by atoms with E-state index in [-0.39, 0.29) is 0 Å². The van der Waals surface area contributed by atoms with Crippen molar-refractivity contribution in [3.8, 4) is 11.8 Å². The summed E-state index contributed by atoms with van der Waals surface area (Å²) in [5.74, 6) is 1.55. The number of aromatic nitrogens is 4. The number of nitrogens with zero attached hydrogens (tertiary/aromatic N) is 5. The predicted octanol–water partition coefficient (Wildman–Crippen LogP) is 2.82. The Balaban J connectivity index is 1.29. The van der Waals surface area contributed by atoms with Crippen LogP contribution in [0.1, 0.15) is 18.4 Å². The van der Waals surface area contributed by atoms with Crippen molar-refractivity contribution < 1.29 is 4.74 Å². The molecule has 4 rings (SSSR count). The maximum absolute atomic E-state index is 5.63. The molecule has 7 nitrogen and oxygen atoms in total. The van der Waals surface area contributed by atoms with Crippen LogP contribution < -0.4 is 15.0 Å². The third kappa shape index (κ3) is 4.77. The van der Waals surface area contributed by atoms with Gasteiger partial charge in [-0.1, -0.05) is 12.1 Å². The van der Waals surface area contributed by atoms with E-state index in [1.54, 1.807) is 30.9 Å². The van der Waals surface area contributed by atoms with Gasteiger partial charge in [0.05, 0.1) is 0 Å². The minimum absolute atomic E-state index is 0.355. The second-order valence-electron chi connectivity index (χ2n) is 6.49. The Bertz CT molecular complexity index is 828. The largest absolute Gasteiger partial charge is 0.424 e. The quantitative estimate of drug-likeness (QED) is 0.722. The number of hydrogen-bond acceptors (Lipinski definition) is 7. The fraction of sp³-hybridized carbons (Fsp3) is 0.300. The molecule has 27 heavy (non-hydrogen) atoms. The summed E-state index contributed by atoms with van der Waals surface area (Å²) in [4.78, 5) is 19.1. The maximum atomic E-state index is 5.63. The average molecular weight is 362 g/mol. The minimum atomic E-state index is 0.355. The van der Waals surface area contributed by atoms with Gasteiger partial charge in [-0.3, -0.25) is 0 Å². The zero-order valence-electron chi connectivity index (χ0n) is 15.0. The van der Waals surface area contributed by atoms with E-state index in [1.165, 1.54) is 5.56 Å². The monoisotopic (exact) mass is 362 g/mol. The lowest BCUT2D eigenvalue weighted by Gasteiger charge is -2.33. The highest BCUT2D eigenvalue weighted by molar-refractivity contribution is 5.31. The summed E-state index contributed by atoms with van der Waals surface area (Å²) in [6.45, 7) is 2.75. The highest BCUT2D eigenvalue weighted by Crippen LogP contribution is 2.19. The molecule has 1 aliphatic heterocycles. The Morgan fingerprint density at radius 3 is 2.41 bits per heavy atom. The average Bonchev–Trinajstić information content (AvgIpc) is 2.75. The highest BCUT2D eigenvalue weighted by Gasteiger charge is 2.21. The molecule has 0 spiro atoms. The normalized spacial score (nSPS) is 16.9. The first-order valence-corrected chi connectivity index (χ1v) is 9.16. The van der Waals surface area contributed by atoms with Crippen molar-refractivity contribution in [2.45, 2.75) is 25.4 Å². The van der Waals surface area contributed by atoms with Crippen molar-refractivity contribution in [1.82, 2.24) is 25.3 Å². The number of rotatable bonds is 6. The Hall–Kier alpha value is -3.06. The van der Waals surface area contributed by atoms with Crippen LogP contribution in [0.5, 0.6) is 11.8 Å².